The number of benzene rings is 3. The molecule has 3 aromatic carbocycles. The van der Waals surface area contributed by atoms with Crippen molar-refractivity contribution in [1.82, 2.24) is 10.2 Å². The van der Waals surface area contributed by atoms with E-state index in [4.69, 9.17) is 32.7 Å². The molecule has 0 spiro atoms. The van der Waals surface area contributed by atoms with E-state index < -0.39 is 40.0 Å². The Bertz CT molecular complexity index is 1570. The maximum Gasteiger partial charge on any atom is 0.264 e. The predicted molar refractivity (Wildman–Crippen MR) is 170 cm³/mol. The minimum absolute atomic E-state index is 0.0263. The van der Waals surface area contributed by atoms with Crippen molar-refractivity contribution in [3.8, 4) is 11.5 Å². The van der Waals surface area contributed by atoms with Gasteiger partial charge in [0.1, 0.15) is 24.1 Å². The summed E-state index contributed by atoms with van der Waals surface area (Å²) >= 11 is 12.5. The first-order valence-corrected chi connectivity index (χ1v) is 15.6. The third-order valence-electron chi connectivity index (χ3n) is 6.56. The van der Waals surface area contributed by atoms with Gasteiger partial charge in [0.15, 0.2) is 0 Å². The highest BCUT2D eigenvalue weighted by molar-refractivity contribution is 7.92. The number of rotatable bonds is 11. The lowest BCUT2D eigenvalue weighted by Crippen LogP contribution is -2.54. The van der Waals surface area contributed by atoms with E-state index in [2.05, 4.69) is 5.32 Å². The number of halogens is 2. The van der Waals surface area contributed by atoms with Crippen LogP contribution in [-0.4, -0.2) is 57.5 Å². The zero-order valence-corrected chi connectivity index (χ0v) is 27.6. The topological polar surface area (TPSA) is 105 Å². The van der Waals surface area contributed by atoms with Gasteiger partial charge in [0.05, 0.1) is 24.8 Å². The zero-order valence-electron chi connectivity index (χ0n) is 25.3. The van der Waals surface area contributed by atoms with Gasteiger partial charge in [-0.2, -0.15) is 0 Å². The number of anilines is 1. The fraction of sp³-hybridized carbons (Fsp3) is 0.355. The van der Waals surface area contributed by atoms with E-state index >= 15 is 0 Å². The minimum Gasteiger partial charge on any atom is -0.497 e. The quantitative estimate of drug-likeness (QED) is 0.280. The molecule has 0 fully saturated rings. The first-order valence-electron chi connectivity index (χ1n) is 13.4. The number of aryl methyl sites for hydroxylation is 1. The van der Waals surface area contributed by atoms with E-state index in [1.54, 1.807) is 43.3 Å². The van der Waals surface area contributed by atoms with Crippen LogP contribution in [0.5, 0.6) is 11.5 Å². The van der Waals surface area contributed by atoms with Gasteiger partial charge in [-0.15, -0.1) is 0 Å². The van der Waals surface area contributed by atoms with Gasteiger partial charge in [0.2, 0.25) is 11.8 Å². The van der Waals surface area contributed by atoms with Crippen LogP contribution in [0.3, 0.4) is 0 Å². The van der Waals surface area contributed by atoms with Crippen LogP contribution in [0.2, 0.25) is 10.0 Å². The number of sulfonamides is 1. The van der Waals surface area contributed by atoms with Crippen LogP contribution in [0.1, 0.15) is 38.8 Å². The highest BCUT2D eigenvalue weighted by atomic mass is 35.5. The number of hydrogen-bond acceptors (Lipinski definition) is 6. The van der Waals surface area contributed by atoms with Crippen molar-refractivity contribution in [3.05, 3.63) is 81.8 Å². The standard InChI is InChI=1S/C31H37Cl2N3O6S/c1-20-8-13-25(14-9-20)43(39,40)36(27-17-24(41-6)12-15-28(27)42-7)19-29(37)35(21(2)30(38)34-31(3,4)5)18-22-10-11-23(32)16-26(22)33/h8-17,21H,18-19H2,1-7H3,(H,34,38)/t21-/m1/s1. The highest BCUT2D eigenvalue weighted by Gasteiger charge is 2.35. The van der Waals surface area contributed by atoms with Gasteiger partial charge in [-0.3, -0.25) is 13.9 Å². The number of carbonyl (C=O) groups is 2. The summed E-state index contributed by atoms with van der Waals surface area (Å²) in [6.45, 7) is 8.15. The Morgan fingerprint density at radius 2 is 1.60 bits per heavy atom. The summed E-state index contributed by atoms with van der Waals surface area (Å²) < 4.78 is 40.1. The van der Waals surface area contributed by atoms with Crippen LogP contribution in [-0.2, 0) is 26.2 Å². The summed E-state index contributed by atoms with van der Waals surface area (Å²) in [6.07, 6.45) is 0. The van der Waals surface area contributed by atoms with E-state index in [-0.39, 0.29) is 22.9 Å². The maximum absolute atomic E-state index is 14.2. The fourth-order valence-corrected chi connectivity index (χ4v) is 6.12. The van der Waals surface area contributed by atoms with E-state index in [0.717, 1.165) is 9.87 Å². The van der Waals surface area contributed by atoms with Crippen LogP contribution in [0, 0.1) is 6.92 Å². The van der Waals surface area contributed by atoms with Crippen LogP contribution >= 0.6 is 23.2 Å². The SMILES string of the molecule is COc1ccc(OC)c(N(CC(=O)N(Cc2ccc(Cl)cc2Cl)[C@H](C)C(=O)NC(C)(C)C)S(=O)(=O)c2ccc(C)cc2)c1. The first kappa shape index (κ1) is 34.0. The lowest BCUT2D eigenvalue weighted by Gasteiger charge is -2.34. The Hall–Kier alpha value is -3.47. The third kappa shape index (κ3) is 8.55. The summed E-state index contributed by atoms with van der Waals surface area (Å²) in [4.78, 5) is 28.8. The van der Waals surface area contributed by atoms with Gasteiger partial charge in [-0.1, -0.05) is 47.0 Å². The van der Waals surface area contributed by atoms with Crippen LogP contribution in [0.15, 0.2) is 65.6 Å². The molecule has 0 heterocycles. The van der Waals surface area contributed by atoms with Crippen molar-refractivity contribution >= 4 is 50.7 Å². The maximum atomic E-state index is 14.2. The monoisotopic (exact) mass is 649 g/mol. The number of amides is 2. The second-order valence-corrected chi connectivity index (χ2v) is 13.7. The Morgan fingerprint density at radius 3 is 2.16 bits per heavy atom. The number of nitrogens with one attached hydrogen (secondary N) is 1. The second-order valence-electron chi connectivity index (χ2n) is 11.0. The van der Waals surface area contributed by atoms with Crippen LogP contribution in [0.4, 0.5) is 5.69 Å². The molecule has 0 saturated heterocycles. The Labute approximate surface area is 263 Å². The van der Waals surface area contributed by atoms with E-state index in [1.165, 1.54) is 43.4 Å². The lowest BCUT2D eigenvalue weighted by atomic mass is 10.1. The van der Waals surface area contributed by atoms with Crippen molar-refractivity contribution in [2.75, 3.05) is 25.1 Å². The molecular weight excluding hydrogens is 613 g/mol. The average Bonchev–Trinajstić information content (AvgIpc) is 2.94. The second kappa shape index (κ2) is 13.9. The number of nitrogens with zero attached hydrogens (tertiary/aromatic N) is 2. The van der Waals surface area contributed by atoms with Gasteiger partial charge in [-0.05, 0) is 76.6 Å². The Balaban J connectivity index is 2.15. The number of methoxy groups -OCH3 is 2. The molecular formula is C31H37Cl2N3O6S. The van der Waals surface area contributed by atoms with E-state index in [0.29, 0.717) is 21.4 Å². The van der Waals surface area contributed by atoms with Gasteiger partial charge >= 0.3 is 0 Å². The summed E-state index contributed by atoms with van der Waals surface area (Å²) in [5.74, 6) is -0.508. The Morgan fingerprint density at radius 1 is 0.953 bits per heavy atom. The van der Waals surface area contributed by atoms with Crippen molar-refractivity contribution in [2.45, 2.75) is 57.6 Å². The molecule has 3 rings (SSSR count). The molecule has 12 heteroatoms. The molecule has 0 aromatic heterocycles. The zero-order chi connectivity index (χ0) is 32.1. The first-order chi connectivity index (χ1) is 20.1. The molecule has 1 atom stereocenters. The molecule has 0 radical (unpaired) electrons. The van der Waals surface area contributed by atoms with Gasteiger partial charge in [0, 0.05) is 28.2 Å². The molecule has 232 valence electrons. The lowest BCUT2D eigenvalue weighted by molar-refractivity contribution is -0.140. The van der Waals surface area contributed by atoms with Crippen molar-refractivity contribution in [2.24, 2.45) is 0 Å². The molecule has 1 N–H and O–H groups in total. The molecule has 0 bridgehead atoms. The summed E-state index contributed by atoms with van der Waals surface area (Å²) in [5, 5.41) is 3.59. The summed E-state index contributed by atoms with van der Waals surface area (Å²) in [5.41, 5.74) is 0.909. The molecule has 0 aliphatic rings. The summed E-state index contributed by atoms with van der Waals surface area (Å²) in [6, 6.07) is 14.8. The average molecular weight is 651 g/mol. The fourth-order valence-electron chi connectivity index (χ4n) is 4.23. The molecule has 3 aromatic rings. The van der Waals surface area contributed by atoms with Gasteiger partial charge < -0.3 is 19.7 Å². The summed E-state index contributed by atoms with van der Waals surface area (Å²) in [7, 11) is -1.46. The van der Waals surface area contributed by atoms with Crippen molar-refractivity contribution < 1.29 is 27.5 Å². The van der Waals surface area contributed by atoms with Gasteiger partial charge in [0.25, 0.3) is 10.0 Å². The smallest absolute Gasteiger partial charge is 0.264 e. The largest absolute Gasteiger partial charge is 0.497 e. The molecule has 9 nitrogen and oxygen atoms in total. The molecule has 43 heavy (non-hydrogen) atoms. The number of ether oxygens (including phenoxy) is 2. The molecule has 0 unspecified atom stereocenters. The molecule has 0 saturated carbocycles. The van der Waals surface area contributed by atoms with Crippen LogP contribution < -0.4 is 19.1 Å². The van der Waals surface area contributed by atoms with Crippen molar-refractivity contribution in [3.63, 3.8) is 0 Å². The third-order valence-corrected chi connectivity index (χ3v) is 8.92. The van der Waals surface area contributed by atoms with E-state index in [9.17, 15) is 18.0 Å². The normalized spacial score (nSPS) is 12.3. The molecule has 2 amide bonds. The Kier molecular flexibility index (Phi) is 11.0. The predicted octanol–water partition coefficient (Wildman–Crippen LogP) is 5.85. The molecule has 0 aliphatic carbocycles. The number of hydrogen-bond donors (Lipinski definition) is 1. The number of carbonyl (C=O) groups excluding carboxylic acids is 2. The van der Waals surface area contributed by atoms with Gasteiger partial charge in [-0.25, -0.2) is 8.42 Å². The van der Waals surface area contributed by atoms with Crippen LogP contribution in [0.25, 0.3) is 0 Å². The minimum atomic E-state index is -4.31. The molecule has 0 aliphatic heterocycles. The van der Waals surface area contributed by atoms with E-state index in [1.807, 2.05) is 27.7 Å². The van der Waals surface area contributed by atoms with Crippen molar-refractivity contribution in [1.29, 1.82) is 0 Å². The highest BCUT2D eigenvalue weighted by Crippen LogP contribution is 2.36.